The number of hydrogen-bond donors (Lipinski definition) is 3. The monoisotopic (exact) mass is 511 g/mol. The minimum atomic E-state index is -4.37. The van der Waals surface area contributed by atoms with Crippen LogP contribution in [0.2, 0.25) is 0 Å². The molecule has 0 aliphatic heterocycles. The quantitative estimate of drug-likeness (QED) is 0.446. The Bertz CT molecular complexity index is 1120. The third-order valence-corrected chi connectivity index (χ3v) is 8.69. The maximum absolute atomic E-state index is 13.2. The summed E-state index contributed by atoms with van der Waals surface area (Å²) in [7, 11) is -4.37. The van der Waals surface area contributed by atoms with Crippen molar-refractivity contribution in [2.75, 3.05) is 0 Å². The van der Waals surface area contributed by atoms with E-state index in [1.807, 2.05) is 0 Å². The average molecular weight is 512 g/mol. The molecule has 194 valence electrons. The van der Waals surface area contributed by atoms with E-state index in [1.165, 1.54) is 12.1 Å². The molecule has 1 amide bonds. The zero-order chi connectivity index (χ0) is 26.6. The number of hydrogen-bond acceptors (Lipinski definition) is 7. The topological polar surface area (TPSA) is 156 Å². The Hall–Kier alpha value is -2.66. The Kier molecular flexibility index (Phi) is 6.75. The van der Waals surface area contributed by atoms with Crippen molar-refractivity contribution >= 4 is 28.1 Å². The Labute approximate surface area is 205 Å². The van der Waals surface area contributed by atoms with Gasteiger partial charge in [-0.2, -0.15) is 8.42 Å². The zero-order valence-corrected chi connectivity index (χ0v) is 21.5. The molecule has 11 heteroatoms. The second-order valence-electron chi connectivity index (χ2n) is 10.4. The standard InChI is InChI=1S/C24H33NO9S/c1-7-23(8-2)18(34-35(31,32)14-11-9-13(3)10-12-14)15-16(19(26)27)17(15)24(23,20(28)29)25-21(30)33-22(4,5)6/h9-12,15-18H,7-8H2,1-6H3,(H,25,30)(H,26,27)(H,28,29). The number of fused-ring (bicyclic) bond motifs is 1. The number of ether oxygens (including phenoxy) is 1. The fourth-order valence-electron chi connectivity index (χ4n) is 5.86. The number of carboxylic acid groups (broad SMARTS) is 2. The summed E-state index contributed by atoms with van der Waals surface area (Å²) in [4.78, 5) is 37.7. The van der Waals surface area contributed by atoms with Gasteiger partial charge in [0.2, 0.25) is 0 Å². The first-order valence-electron chi connectivity index (χ1n) is 11.5. The molecule has 2 aliphatic rings. The Morgan fingerprint density at radius 3 is 2.03 bits per heavy atom. The number of alkyl carbamates (subject to hydrolysis) is 1. The second-order valence-corrected chi connectivity index (χ2v) is 11.9. The van der Waals surface area contributed by atoms with E-state index < -0.39 is 68.6 Å². The van der Waals surface area contributed by atoms with Gasteiger partial charge in [-0.15, -0.1) is 0 Å². The highest BCUT2D eigenvalue weighted by Gasteiger charge is 2.85. The van der Waals surface area contributed by atoms with Gasteiger partial charge >= 0.3 is 18.0 Å². The van der Waals surface area contributed by atoms with Crippen molar-refractivity contribution in [3.8, 4) is 0 Å². The fraction of sp³-hybridized carbons (Fsp3) is 0.625. The normalized spacial score (nSPS) is 29.2. The molecule has 3 N–H and O–H groups in total. The number of benzene rings is 1. The molecular weight excluding hydrogens is 478 g/mol. The summed E-state index contributed by atoms with van der Waals surface area (Å²) in [5.41, 5.74) is -3.64. The van der Waals surface area contributed by atoms with E-state index >= 15 is 0 Å². The van der Waals surface area contributed by atoms with Gasteiger partial charge in [0, 0.05) is 17.3 Å². The van der Waals surface area contributed by atoms with Crippen molar-refractivity contribution in [2.24, 2.45) is 23.2 Å². The molecular formula is C24H33NO9S. The Balaban J connectivity index is 2.14. The van der Waals surface area contributed by atoms with Gasteiger partial charge in [-0.3, -0.25) is 8.98 Å². The van der Waals surface area contributed by atoms with E-state index in [-0.39, 0.29) is 17.7 Å². The maximum atomic E-state index is 13.2. The summed E-state index contributed by atoms with van der Waals surface area (Å²) < 4.78 is 37.5. The zero-order valence-electron chi connectivity index (χ0n) is 20.7. The molecule has 0 heterocycles. The number of aliphatic carboxylic acids is 2. The number of carbonyl (C=O) groups excluding carboxylic acids is 1. The highest BCUT2D eigenvalue weighted by atomic mass is 32.2. The highest BCUT2D eigenvalue weighted by Crippen LogP contribution is 2.72. The number of rotatable bonds is 8. The molecule has 2 fully saturated rings. The molecule has 1 aromatic carbocycles. The van der Waals surface area contributed by atoms with Gasteiger partial charge in [0.25, 0.3) is 10.1 Å². The molecule has 1 aromatic rings. The van der Waals surface area contributed by atoms with Gasteiger partial charge in [-0.05, 0) is 52.7 Å². The summed E-state index contributed by atoms with van der Waals surface area (Å²) in [6.07, 6.45) is -2.10. The Morgan fingerprint density at radius 2 is 1.60 bits per heavy atom. The van der Waals surface area contributed by atoms with Gasteiger partial charge in [-0.25, -0.2) is 9.59 Å². The molecule has 0 bridgehead atoms. The fourth-order valence-corrected chi connectivity index (χ4v) is 7.02. The summed E-state index contributed by atoms with van der Waals surface area (Å²) in [6, 6.07) is 5.95. The third-order valence-electron chi connectivity index (χ3n) is 7.38. The van der Waals surface area contributed by atoms with Gasteiger partial charge in [-0.1, -0.05) is 31.5 Å². The maximum Gasteiger partial charge on any atom is 0.408 e. The van der Waals surface area contributed by atoms with Gasteiger partial charge in [0.05, 0.1) is 16.9 Å². The minimum Gasteiger partial charge on any atom is -0.481 e. The predicted octanol–water partition coefficient (Wildman–Crippen LogP) is 3.18. The van der Waals surface area contributed by atoms with Gasteiger partial charge in [0.15, 0.2) is 5.54 Å². The first kappa shape index (κ1) is 26.9. The smallest absolute Gasteiger partial charge is 0.408 e. The van der Waals surface area contributed by atoms with E-state index in [1.54, 1.807) is 53.7 Å². The minimum absolute atomic E-state index is 0.110. The first-order chi connectivity index (χ1) is 16.1. The van der Waals surface area contributed by atoms with Crippen LogP contribution in [0.25, 0.3) is 0 Å². The van der Waals surface area contributed by atoms with Crippen LogP contribution in [0.3, 0.4) is 0 Å². The van der Waals surface area contributed by atoms with Crippen LogP contribution in [0.15, 0.2) is 29.2 Å². The molecule has 3 rings (SSSR count). The van der Waals surface area contributed by atoms with Crippen molar-refractivity contribution in [3.05, 3.63) is 29.8 Å². The molecule has 0 aromatic heterocycles. The lowest BCUT2D eigenvalue weighted by atomic mass is 9.62. The predicted molar refractivity (Wildman–Crippen MR) is 124 cm³/mol. The summed E-state index contributed by atoms with van der Waals surface area (Å²) in [6.45, 7) is 9.98. The molecule has 0 saturated heterocycles. The lowest BCUT2D eigenvalue weighted by Crippen LogP contribution is -2.68. The molecule has 0 spiro atoms. The molecule has 35 heavy (non-hydrogen) atoms. The number of amides is 1. The molecule has 5 unspecified atom stereocenters. The van der Waals surface area contributed by atoms with Crippen molar-refractivity contribution < 1.29 is 41.9 Å². The van der Waals surface area contributed by atoms with E-state index in [0.29, 0.717) is 0 Å². The number of nitrogens with one attached hydrogen (secondary N) is 1. The average Bonchev–Trinajstić information content (AvgIpc) is 3.43. The number of carboxylic acids is 2. The van der Waals surface area contributed by atoms with Crippen LogP contribution in [0.1, 0.15) is 53.0 Å². The van der Waals surface area contributed by atoms with E-state index in [0.717, 1.165) is 5.56 Å². The van der Waals surface area contributed by atoms with Crippen molar-refractivity contribution in [3.63, 3.8) is 0 Å². The van der Waals surface area contributed by atoms with Crippen molar-refractivity contribution in [2.45, 2.75) is 76.5 Å². The highest BCUT2D eigenvalue weighted by molar-refractivity contribution is 7.86. The summed E-state index contributed by atoms with van der Waals surface area (Å²) >= 11 is 0. The molecule has 2 aliphatic carbocycles. The number of aryl methyl sites for hydroxylation is 1. The lowest BCUT2D eigenvalue weighted by molar-refractivity contribution is -0.158. The van der Waals surface area contributed by atoms with Crippen molar-refractivity contribution in [1.29, 1.82) is 0 Å². The molecule has 10 nitrogen and oxygen atoms in total. The van der Waals surface area contributed by atoms with E-state index in [4.69, 9.17) is 8.92 Å². The SMILES string of the molecule is CCC1(CC)C(OS(=O)(=O)c2ccc(C)cc2)C2C(C(=O)O)C2C1(NC(=O)OC(C)(C)C)C(=O)O. The first-order valence-corrected chi connectivity index (χ1v) is 13.0. The van der Waals surface area contributed by atoms with Crippen LogP contribution in [0, 0.1) is 30.1 Å². The largest absolute Gasteiger partial charge is 0.481 e. The van der Waals surface area contributed by atoms with Crippen LogP contribution < -0.4 is 5.32 Å². The van der Waals surface area contributed by atoms with Crippen LogP contribution in [-0.4, -0.2) is 53.9 Å². The van der Waals surface area contributed by atoms with Crippen LogP contribution in [0.5, 0.6) is 0 Å². The van der Waals surface area contributed by atoms with Crippen molar-refractivity contribution in [1.82, 2.24) is 5.32 Å². The molecule has 0 radical (unpaired) electrons. The van der Waals surface area contributed by atoms with Gasteiger partial charge < -0.3 is 20.3 Å². The third kappa shape index (κ3) is 4.29. The van der Waals surface area contributed by atoms with E-state index in [2.05, 4.69) is 5.32 Å². The summed E-state index contributed by atoms with van der Waals surface area (Å²) in [5.74, 6) is -5.95. The molecule has 2 saturated carbocycles. The van der Waals surface area contributed by atoms with Crippen LogP contribution in [0.4, 0.5) is 4.79 Å². The van der Waals surface area contributed by atoms with Gasteiger partial charge in [0.1, 0.15) is 5.60 Å². The van der Waals surface area contributed by atoms with Crippen LogP contribution >= 0.6 is 0 Å². The summed E-state index contributed by atoms with van der Waals surface area (Å²) in [5, 5.41) is 22.8. The lowest BCUT2D eigenvalue weighted by Gasteiger charge is -2.48. The van der Waals surface area contributed by atoms with Crippen LogP contribution in [-0.2, 0) is 28.6 Å². The second kappa shape index (κ2) is 8.77. The Morgan fingerprint density at radius 1 is 1.06 bits per heavy atom. The van der Waals surface area contributed by atoms with E-state index in [9.17, 15) is 33.0 Å². The molecule has 5 atom stereocenters. The number of carbonyl (C=O) groups is 3.